The Morgan fingerprint density at radius 3 is 2.31 bits per heavy atom. The van der Waals surface area contributed by atoms with E-state index >= 15 is 0 Å². The summed E-state index contributed by atoms with van der Waals surface area (Å²) in [4.78, 5) is 27.7. The Hall–Kier alpha value is -3.06. The third-order valence-electron chi connectivity index (χ3n) is 9.90. The number of aryl methyl sites for hydroxylation is 1. The molecule has 2 aliphatic carbocycles. The first-order valence-electron chi connectivity index (χ1n) is 15.5. The van der Waals surface area contributed by atoms with Crippen LogP contribution in [-0.4, -0.2) is 24.2 Å². The highest BCUT2D eigenvalue weighted by molar-refractivity contribution is 5.97. The van der Waals surface area contributed by atoms with E-state index in [1.54, 1.807) is 12.1 Å². The molecule has 7 nitrogen and oxygen atoms in total. The summed E-state index contributed by atoms with van der Waals surface area (Å²) in [5.74, 6) is 1.13. The van der Waals surface area contributed by atoms with E-state index in [4.69, 9.17) is 18.9 Å². The van der Waals surface area contributed by atoms with Crippen molar-refractivity contribution in [2.75, 3.05) is 7.11 Å². The van der Waals surface area contributed by atoms with Crippen molar-refractivity contribution >= 4 is 11.9 Å². The Kier molecular flexibility index (Phi) is 8.12. The highest BCUT2D eigenvalue weighted by Crippen LogP contribution is 2.59. The molecule has 2 aromatic carbocycles. The predicted octanol–water partition coefficient (Wildman–Crippen LogP) is 8.18. The van der Waals surface area contributed by atoms with E-state index in [-0.39, 0.29) is 28.4 Å². The fraction of sp³-hybridized carbons (Fsp3) is 0.600. The summed E-state index contributed by atoms with van der Waals surface area (Å²) >= 11 is 0. The van der Waals surface area contributed by atoms with Gasteiger partial charge in [-0.25, -0.2) is 4.79 Å². The summed E-state index contributed by atoms with van der Waals surface area (Å²) in [7, 11) is 1.47. The number of fused-ring (bicyclic) bond motifs is 4. The molecule has 2 saturated carbocycles. The second-order valence-corrected chi connectivity index (χ2v) is 13.7. The monoisotopic (exact) mass is 578 g/mol. The van der Waals surface area contributed by atoms with E-state index in [0.29, 0.717) is 53.7 Å². The number of rotatable bonds is 7. The number of benzene rings is 2. The van der Waals surface area contributed by atoms with Gasteiger partial charge in [0.1, 0.15) is 23.2 Å². The average molecular weight is 579 g/mol. The van der Waals surface area contributed by atoms with Crippen LogP contribution in [0.3, 0.4) is 0 Å². The largest absolute Gasteiger partial charge is 0.495 e. The third-order valence-corrected chi connectivity index (χ3v) is 9.90. The maximum absolute atomic E-state index is 14.0. The van der Waals surface area contributed by atoms with Crippen LogP contribution in [0.25, 0.3) is 0 Å². The minimum Gasteiger partial charge on any atom is -0.495 e. The lowest BCUT2D eigenvalue weighted by Gasteiger charge is -2.31. The van der Waals surface area contributed by atoms with Gasteiger partial charge in [0.15, 0.2) is 11.5 Å². The van der Waals surface area contributed by atoms with Gasteiger partial charge in [-0.1, -0.05) is 34.6 Å². The van der Waals surface area contributed by atoms with Crippen molar-refractivity contribution in [3.05, 3.63) is 46.0 Å². The fourth-order valence-electron chi connectivity index (χ4n) is 7.58. The summed E-state index contributed by atoms with van der Waals surface area (Å²) in [6, 6.07) is 5.39. The van der Waals surface area contributed by atoms with Gasteiger partial charge >= 0.3 is 11.9 Å². The number of hydrogen-bond acceptors (Lipinski definition) is 7. The van der Waals surface area contributed by atoms with Crippen molar-refractivity contribution in [2.24, 2.45) is 22.7 Å². The van der Waals surface area contributed by atoms with E-state index < -0.39 is 23.6 Å². The topological polar surface area (TPSA) is 91.3 Å². The number of esters is 2. The molecule has 42 heavy (non-hydrogen) atoms. The van der Waals surface area contributed by atoms with Crippen molar-refractivity contribution in [2.45, 2.75) is 106 Å². The molecule has 228 valence electrons. The number of methoxy groups -OCH3 is 1. The van der Waals surface area contributed by atoms with E-state index in [9.17, 15) is 14.7 Å². The molecule has 0 amide bonds. The number of aliphatic hydroxyl groups is 1. The molecular weight excluding hydrogens is 532 g/mol. The molecule has 5 rings (SSSR count). The smallest absolute Gasteiger partial charge is 0.346 e. The van der Waals surface area contributed by atoms with E-state index in [2.05, 4.69) is 6.92 Å². The first kappa shape index (κ1) is 30.4. The van der Waals surface area contributed by atoms with Crippen LogP contribution >= 0.6 is 0 Å². The predicted molar refractivity (Wildman–Crippen MR) is 160 cm³/mol. The van der Waals surface area contributed by atoms with Gasteiger partial charge in [-0.15, -0.1) is 0 Å². The molecule has 2 fully saturated rings. The molecular formula is C35H46O7. The van der Waals surface area contributed by atoms with Crippen LogP contribution in [0, 0.1) is 29.6 Å². The molecule has 2 bridgehead atoms. The molecule has 2 aromatic rings. The SMILES string of the molecule is CCc1c(C)cc2c(c1OC(=O)C1(C)C3CCC1CC3)Oc1ccc([C@@H](O)CC(C)(C)C)c(OC)c1C(=O)OC2CC. The van der Waals surface area contributed by atoms with Crippen LogP contribution in [0.15, 0.2) is 18.2 Å². The van der Waals surface area contributed by atoms with E-state index in [1.165, 1.54) is 7.11 Å². The average Bonchev–Trinajstić information content (AvgIpc) is 3.43. The highest BCUT2D eigenvalue weighted by Gasteiger charge is 2.57. The van der Waals surface area contributed by atoms with Crippen LogP contribution in [-0.2, 0) is 16.0 Å². The lowest BCUT2D eigenvalue weighted by Crippen LogP contribution is -2.36. The Bertz CT molecular complexity index is 1360. The maximum Gasteiger partial charge on any atom is 0.346 e. The van der Waals surface area contributed by atoms with Crippen LogP contribution in [0.5, 0.6) is 23.0 Å². The summed E-state index contributed by atoms with van der Waals surface area (Å²) in [5.41, 5.74) is 2.46. The van der Waals surface area contributed by atoms with Gasteiger partial charge in [0.25, 0.3) is 0 Å². The normalized spacial score (nSPS) is 25.5. The molecule has 0 spiro atoms. The Morgan fingerprint density at radius 2 is 1.76 bits per heavy atom. The van der Waals surface area contributed by atoms with Gasteiger partial charge in [0.2, 0.25) is 0 Å². The number of hydrogen-bond donors (Lipinski definition) is 1. The third kappa shape index (κ3) is 5.08. The molecule has 1 heterocycles. The standard InChI is InChI=1S/C35H46O7/c1-9-22-19(3)17-24-26(10-2)41-32(37)28-27(16-15-23(29(28)39-8)25(36)18-34(4,5)6)40-31(24)30(22)42-33(38)35(7)20-11-12-21(35)14-13-20/h15-17,20-21,25-26,36H,9-14,18H2,1-8H3/t20?,21?,25-,26?,35?/m0/s1. The molecule has 1 N–H and O–H groups in total. The van der Waals surface area contributed by atoms with Gasteiger partial charge < -0.3 is 24.1 Å². The Labute approximate surface area is 249 Å². The highest BCUT2D eigenvalue weighted by atomic mass is 16.6. The first-order valence-corrected chi connectivity index (χ1v) is 15.5. The summed E-state index contributed by atoms with van der Waals surface area (Å²) in [5, 5.41) is 11.1. The molecule has 7 heteroatoms. The van der Waals surface area contributed by atoms with Crippen molar-refractivity contribution in [3.63, 3.8) is 0 Å². The van der Waals surface area contributed by atoms with E-state index in [1.807, 2.05) is 47.6 Å². The van der Waals surface area contributed by atoms with Crippen LogP contribution < -0.4 is 14.2 Å². The Morgan fingerprint density at radius 1 is 1.12 bits per heavy atom. The zero-order chi connectivity index (χ0) is 30.6. The number of cyclic esters (lactones) is 1. The molecule has 2 atom stereocenters. The second-order valence-electron chi connectivity index (χ2n) is 13.7. The number of carbonyl (C=O) groups excluding carboxylic acids is 2. The molecule has 0 saturated heterocycles. The van der Waals surface area contributed by atoms with Gasteiger partial charge in [0.05, 0.1) is 18.6 Å². The van der Waals surface area contributed by atoms with Gasteiger partial charge in [0, 0.05) is 16.7 Å². The zero-order valence-electron chi connectivity index (χ0n) is 26.4. The van der Waals surface area contributed by atoms with Crippen LogP contribution in [0.4, 0.5) is 0 Å². The second kappa shape index (κ2) is 11.2. The molecule has 1 aliphatic heterocycles. The van der Waals surface area contributed by atoms with Gasteiger partial charge in [-0.05, 0) is 99.8 Å². The van der Waals surface area contributed by atoms with Crippen LogP contribution in [0.2, 0.25) is 0 Å². The zero-order valence-corrected chi connectivity index (χ0v) is 26.4. The van der Waals surface area contributed by atoms with Crippen molar-refractivity contribution in [3.8, 4) is 23.0 Å². The fourth-order valence-corrected chi connectivity index (χ4v) is 7.58. The quantitative estimate of drug-likeness (QED) is 0.262. The number of ether oxygens (including phenoxy) is 4. The summed E-state index contributed by atoms with van der Waals surface area (Å²) < 4.78 is 24.9. The van der Waals surface area contributed by atoms with Crippen LogP contribution in [0.1, 0.15) is 125 Å². The van der Waals surface area contributed by atoms with Crippen molar-refractivity contribution in [1.82, 2.24) is 0 Å². The van der Waals surface area contributed by atoms with Crippen molar-refractivity contribution in [1.29, 1.82) is 0 Å². The molecule has 0 aromatic heterocycles. The molecule has 0 radical (unpaired) electrons. The van der Waals surface area contributed by atoms with Gasteiger partial charge in [-0.2, -0.15) is 0 Å². The maximum atomic E-state index is 14.0. The summed E-state index contributed by atoms with van der Waals surface area (Å²) in [6.45, 7) is 14.2. The minimum absolute atomic E-state index is 0.115. The summed E-state index contributed by atoms with van der Waals surface area (Å²) in [6.07, 6.45) is 4.35. The lowest BCUT2D eigenvalue weighted by atomic mass is 9.79. The first-order chi connectivity index (χ1) is 19.8. The lowest BCUT2D eigenvalue weighted by molar-refractivity contribution is -0.147. The Balaban J connectivity index is 1.65. The minimum atomic E-state index is -0.855. The molecule has 3 aliphatic rings. The van der Waals surface area contributed by atoms with E-state index in [0.717, 1.165) is 36.8 Å². The van der Waals surface area contributed by atoms with Gasteiger partial charge in [-0.3, -0.25) is 4.79 Å². The van der Waals surface area contributed by atoms with Crippen molar-refractivity contribution < 1.29 is 33.6 Å². The number of carbonyl (C=O) groups is 2. The number of aliphatic hydroxyl groups excluding tert-OH is 1. The molecule has 1 unspecified atom stereocenters.